The lowest BCUT2D eigenvalue weighted by Gasteiger charge is -2.06. The van der Waals surface area contributed by atoms with Gasteiger partial charge in [-0.15, -0.1) is 16.7 Å². The number of alkyl halides is 1. The highest BCUT2D eigenvalue weighted by molar-refractivity contribution is 6.16. The standard InChI is InChI=1S/C12H14ClN3/c1-8-4-9(2)6-11(5-8)16-10(3)12(7-13)14-15-16/h4-6H,7H2,1-3H3. The van der Waals surface area contributed by atoms with E-state index in [4.69, 9.17) is 11.6 Å². The van der Waals surface area contributed by atoms with Crippen LogP contribution in [0.2, 0.25) is 0 Å². The molecule has 2 aromatic rings. The Hall–Kier alpha value is -1.35. The van der Waals surface area contributed by atoms with Crippen molar-refractivity contribution in [1.82, 2.24) is 15.0 Å². The van der Waals surface area contributed by atoms with Crippen molar-refractivity contribution in [3.05, 3.63) is 40.7 Å². The van der Waals surface area contributed by atoms with Crippen LogP contribution in [0.15, 0.2) is 18.2 Å². The minimum atomic E-state index is 0.399. The maximum atomic E-state index is 5.78. The third-order valence-corrected chi connectivity index (χ3v) is 2.82. The molecule has 0 atom stereocenters. The molecule has 0 saturated heterocycles. The molecule has 0 N–H and O–H groups in total. The zero-order chi connectivity index (χ0) is 11.7. The molecule has 16 heavy (non-hydrogen) atoms. The Kier molecular flexibility index (Phi) is 2.97. The first-order valence-electron chi connectivity index (χ1n) is 5.17. The van der Waals surface area contributed by atoms with Crippen LogP contribution in [0.25, 0.3) is 5.69 Å². The average molecular weight is 236 g/mol. The molecule has 0 saturated carbocycles. The van der Waals surface area contributed by atoms with Crippen molar-refractivity contribution in [2.45, 2.75) is 26.7 Å². The number of hydrogen-bond acceptors (Lipinski definition) is 2. The van der Waals surface area contributed by atoms with Crippen LogP contribution in [0.1, 0.15) is 22.5 Å². The predicted octanol–water partition coefficient (Wildman–Crippen LogP) is 2.93. The monoisotopic (exact) mass is 235 g/mol. The smallest absolute Gasteiger partial charge is 0.101 e. The van der Waals surface area contributed by atoms with E-state index >= 15 is 0 Å². The summed E-state index contributed by atoms with van der Waals surface area (Å²) in [4.78, 5) is 0. The lowest BCUT2D eigenvalue weighted by atomic mass is 10.1. The zero-order valence-corrected chi connectivity index (χ0v) is 10.4. The summed E-state index contributed by atoms with van der Waals surface area (Å²) < 4.78 is 1.83. The minimum absolute atomic E-state index is 0.399. The van der Waals surface area contributed by atoms with Crippen LogP contribution in [0.4, 0.5) is 0 Å². The number of aryl methyl sites for hydroxylation is 2. The van der Waals surface area contributed by atoms with E-state index in [0.29, 0.717) is 5.88 Å². The first-order valence-corrected chi connectivity index (χ1v) is 5.71. The number of hydrogen-bond donors (Lipinski definition) is 0. The van der Waals surface area contributed by atoms with Gasteiger partial charge in [0.1, 0.15) is 5.69 Å². The first-order chi connectivity index (χ1) is 7.61. The first kappa shape index (κ1) is 11.1. The minimum Gasteiger partial charge on any atom is -0.218 e. The van der Waals surface area contributed by atoms with Crippen LogP contribution in [-0.2, 0) is 5.88 Å². The van der Waals surface area contributed by atoms with Gasteiger partial charge in [-0.3, -0.25) is 0 Å². The van der Waals surface area contributed by atoms with E-state index in [-0.39, 0.29) is 0 Å². The van der Waals surface area contributed by atoms with E-state index in [1.54, 1.807) is 0 Å². The van der Waals surface area contributed by atoms with E-state index in [9.17, 15) is 0 Å². The van der Waals surface area contributed by atoms with Crippen LogP contribution < -0.4 is 0 Å². The molecular formula is C12H14ClN3. The van der Waals surface area contributed by atoms with E-state index in [0.717, 1.165) is 17.1 Å². The second-order valence-corrected chi connectivity index (χ2v) is 4.28. The summed E-state index contributed by atoms with van der Waals surface area (Å²) in [5.41, 5.74) is 5.31. The van der Waals surface area contributed by atoms with Crippen molar-refractivity contribution < 1.29 is 0 Å². The number of aromatic nitrogens is 3. The zero-order valence-electron chi connectivity index (χ0n) is 9.66. The van der Waals surface area contributed by atoms with Crippen molar-refractivity contribution in [2.75, 3.05) is 0 Å². The van der Waals surface area contributed by atoms with Gasteiger partial charge in [0.05, 0.1) is 17.3 Å². The molecule has 3 nitrogen and oxygen atoms in total. The Morgan fingerprint density at radius 3 is 2.25 bits per heavy atom. The topological polar surface area (TPSA) is 30.7 Å². The van der Waals surface area contributed by atoms with Crippen LogP contribution in [0.5, 0.6) is 0 Å². The van der Waals surface area contributed by atoms with Gasteiger partial charge >= 0.3 is 0 Å². The molecule has 0 aliphatic heterocycles. The van der Waals surface area contributed by atoms with Gasteiger partial charge in [0, 0.05) is 0 Å². The molecule has 0 unspecified atom stereocenters. The van der Waals surface area contributed by atoms with Gasteiger partial charge in [-0.05, 0) is 44.0 Å². The number of nitrogens with zero attached hydrogens (tertiary/aromatic N) is 3. The lowest BCUT2D eigenvalue weighted by molar-refractivity contribution is 0.782. The SMILES string of the molecule is Cc1cc(C)cc(-n2nnc(CCl)c2C)c1. The predicted molar refractivity (Wildman–Crippen MR) is 65.1 cm³/mol. The second kappa shape index (κ2) is 4.26. The molecule has 0 fully saturated rings. The fourth-order valence-corrected chi connectivity index (χ4v) is 2.05. The van der Waals surface area contributed by atoms with E-state index in [1.807, 2.05) is 11.6 Å². The van der Waals surface area contributed by atoms with Crippen molar-refractivity contribution in [2.24, 2.45) is 0 Å². The molecule has 0 spiro atoms. The molecule has 0 amide bonds. The molecular weight excluding hydrogens is 222 g/mol. The van der Waals surface area contributed by atoms with Gasteiger partial charge in [0.25, 0.3) is 0 Å². The highest BCUT2D eigenvalue weighted by Gasteiger charge is 2.09. The average Bonchev–Trinajstić information content (AvgIpc) is 2.58. The Balaban J connectivity index is 2.54. The van der Waals surface area contributed by atoms with Crippen molar-refractivity contribution in [3.63, 3.8) is 0 Å². The molecule has 0 radical (unpaired) electrons. The lowest BCUT2D eigenvalue weighted by Crippen LogP contribution is -2.00. The molecule has 84 valence electrons. The van der Waals surface area contributed by atoms with Crippen molar-refractivity contribution >= 4 is 11.6 Å². The van der Waals surface area contributed by atoms with Crippen LogP contribution in [0, 0.1) is 20.8 Å². The largest absolute Gasteiger partial charge is 0.218 e. The van der Waals surface area contributed by atoms with Crippen LogP contribution in [-0.4, -0.2) is 15.0 Å². The number of benzene rings is 1. The summed E-state index contributed by atoms with van der Waals surface area (Å²) in [5.74, 6) is 0.399. The van der Waals surface area contributed by atoms with Gasteiger partial charge in [-0.2, -0.15) is 0 Å². The van der Waals surface area contributed by atoms with Crippen molar-refractivity contribution in [1.29, 1.82) is 0 Å². The van der Waals surface area contributed by atoms with Gasteiger partial charge in [0.15, 0.2) is 0 Å². The maximum Gasteiger partial charge on any atom is 0.101 e. The van der Waals surface area contributed by atoms with Gasteiger partial charge in [-0.25, -0.2) is 4.68 Å². The third-order valence-electron chi connectivity index (χ3n) is 2.57. The fourth-order valence-electron chi connectivity index (χ4n) is 1.80. The quantitative estimate of drug-likeness (QED) is 0.750. The molecule has 0 bridgehead atoms. The molecule has 2 rings (SSSR count). The Morgan fingerprint density at radius 1 is 1.12 bits per heavy atom. The van der Waals surface area contributed by atoms with Crippen molar-refractivity contribution in [3.8, 4) is 5.69 Å². The van der Waals surface area contributed by atoms with E-state index in [2.05, 4.69) is 42.4 Å². The van der Waals surface area contributed by atoms with Gasteiger partial charge in [-0.1, -0.05) is 11.3 Å². The Labute approximate surface area is 100 Å². The number of halogens is 1. The molecule has 1 aromatic carbocycles. The molecule has 1 heterocycles. The maximum absolute atomic E-state index is 5.78. The summed E-state index contributed by atoms with van der Waals surface area (Å²) in [6.45, 7) is 6.13. The third kappa shape index (κ3) is 1.95. The van der Waals surface area contributed by atoms with Gasteiger partial charge < -0.3 is 0 Å². The molecule has 1 aromatic heterocycles. The Morgan fingerprint density at radius 2 is 1.75 bits per heavy atom. The van der Waals surface area contributed by atoms with Crippen LogP contribution in [0.3, 0.4) is 0 Å². The summed E-state index contributed by atoms with van der Waals surface area (Å²) in [7, 11) is 0. The summed E-state index contributed by atoms with van der Waals surface area (Å²) in [6, 6.07) is 6.32. The van der Waals surface area contributed by atoms with Crippen LogP contribution >= 0.6 is 11.6 Å². The fraction of sp³-hybridized carbons (Fsp3) is 0.333. The van der Waals surface area contributed by atoms with Gasteiger partial charge in [0.2, 0.25) is 0 Å². The highest BCUT2D eigenvalue weighted by Crippen LogP contribution is 2.16. The summed E-state index contributed by atoms with van der Waals surface area (Å²) in [6.07, 6.45) is 0. The van der Waals surface area contributed by atoms with E-state index < -0.39 is 0 Å². The normalized spacial score (nSPS) is 10.8. The highest BCUT2D eigenvalue weighted by atomic mass is 35.5. The van der Waals surface area contributed by atoms with E-state index in [1.165, 1.54) is 11.1 Å². The summed E-state index contributed by atoms with van der Waals surface area (Å²) in [5, 5.41) is 8.17. The molecule has 4 heteroatoms. The second-order valence-electron chi connectivity index (χ2n) is 4.01. The Bertz CT molecular complexity index is 497. The number of rotatable bonds is 2. The molecule has 0 aliphatic carbocycles. The summed E-state index contributed by atoms with van der Waals surface area (Å²) >= 11 is 5.78. The molecule has 0 aliphatic rings.